The highest BCUT2D eigenvalue weighted by Gasteiger charge is 2.10. The van der Waals surface area contributed by atoms with Crippen LogP contribution in [0.1, 0.15) is 12.1 Å². The maximum absolute atomic E-state index is 10.7. The first kappa shape index (κ1) is 12.5. The van der Waals surface area contributed by atoms with E-state index < -0.39 is 5.97 Å². The van der Waals surface area contributed by atoms with Crippen LogP contribution in [0.25, 0.3) is 21.8 Å². The van der Waals surface area contributed by atoms with Gasteiger partial charge in [-0.3, -0.25) is 9.78 Å². The van der Waals surface area contributed by atoms with Gasteiger partial charge in [-0.15, -0.1) is 0 Å². The maximum Gasteiger partial charge on any atom is 0.303 e. The molecule has 0 fully saturated rings. The average molecular weight is 270 g/mol. The smallest absolute Gasteiger partial charge is 0.303 e. The maximum atomic E-state index is 10.7. The molecule has 20 heavy (non-hydrogen) atoms. The van der Waals surface area contributed by atoms with E-state index in [1.54, 1.807) is 13.3 Å². The molecule has 0 atom stereocenters. The standard InChI is InChI=1S/C15H14N2O3/c1-20-9-2-3-10-11-6-7-16-12(4-5-14(18)19)15(11)17-13(10)8-9/h2-3,6-8,17H,4-5H2,1H3,(H,18,19). The van der Waals surface area contributed by atoms with Gasteiger partial charge in [0, 0.05) is 29.5 Å². The van der Waals surface area contributed by atoms with Crippen LogP contribution in [0.2, 0.25) is 0 Å². The van der Waals surface area contributed by atoms with Crippen molar-refractivity contribution in [2.75, 3.05) is 7.11 Å². The Balaban J connectivity index is 2.16. The number of H-pyrrole nitrogens is 1. The molecule has 102 valence electrons. The zero-order chi connectivity index (χ0) is 14.1. The molecule has 0 radical (unpaired) electrons. The third-order valence-corrected chi connectivity index (χ3v) is 3.38. The van der Waals surface area contributed by atoms with Crippen LogP contribution in [0.3, 0.4) is 0 Å². The lowest BCUT2D eigenvalue weighted by molar-refractivity contribution is -0.136. The molecule has 5 nitrogen and oxygen atoms in total. The minimum atomic E-state index is -0.818. The van der Waals surface area contributed by atoms with Crippen LogP contribution in [0.15, 0.2) is 30.5 Å². The lowest BCUT2D eigenvalue weighted by Gasteiger charge is -1.99. The van der Waals surface area contributed by atoms with Crippen molar-refractivity contribution in [3.05, 3.63) is 36.2 Å². The van der Waals surface area contributed by atoms with Gasteiger partial charge in [0.15, 0.2) is 0 Å². The van der Waals surface area contributed by atoms with E-state index in [2.05, 4.69) is 9.97 Å². The first-order valence-electron chi connectivity index (χ1n) is 6.34. The lowest BCUT2D eigenvalue weighted by Crippen LogP contribution is -1.99. The first-order valence-corrected chi connectivity index (χ1v) is 6.34. The summed E-state index contributed by atoms with van der Waals surface area (Å²) in [6.07, 6.45) is 2.21. The van der Waals surface area contributed by atoms with E-state index in [-0.39, 0.29) is 6.42 Å². The molecule has 3 aromatic rings. The number of aryl methyl sites for hydroxylation is 1. The summed E-state index contributed by atoms with van der Waals surface area (Å²) in [6, 6.07) is 7.77. The molecule has 0 aliphatic rings. The van der Waals surface area contributed by atoms with Gasteiger partial charge in [0.2, 0.25) is 0 Å². The molecule has 0 spiro atoms. The number of carbonyl (C=O) groups is 1. The number of carboxylic acids is 1. The molecule has 3 rings (SSSR count). The van der Waals surface area contributed by atoms with Gasteiger partial charge in [-0.25, -0.2) is 0 Å². The normalized spacial score (nSPS) is 11.1. The van der Waals surface area contributed by atoms with Crippen LogP contribution in [0.4, 0.5) is 0 Å². The second-order valence-electron chi connectivity index (χ2n) is 4.61. The van der Waals surface area contributed by atoms with E-state index in [9.17, 15) is 4.79 Å². The van der Waals surface area contributed by atoms with Crippen LogP contribution in [0.5, 0.6) is 5.75 Å². The number of fused-ring (bicyclic) bond motifs is 3. The van der Waals surface area contributed by atoms with Gasteiger partial charge >= 0.3 is 5.97 Å². The Morgan fingerprint density at radius 1 is 1.35 bits per heavy atom. The Morgan fingerprint density at radius 3 is 2.95 bits per heavy atom. The van der Waals surface area contributed by atoms with Crippen molar-refractivity contribution in [3.63, 3.8) is 0 Å². The third kappa shape index (κ3) is 2.07. The highest BCUT2D eigenvalue weighted by molar-refractivity contribution is 6.08. The van der Waals surface area contributed by atoms with Crippen LogP contribution >= 0.6 is 0 Å². The fourth-order valence-corrected chi connectivity index (χ4v) is 2.41. The number of aromatic nitrogens is 2. The molecular weight excluding hydrogens is 256 g/mol. The second-order valence-corrected chi connectivity index (χ2v) is 4.61. The Kier molecular flexibility index (Phi) is 3.02. The Hall–Kier alpha value is -2.56. The van der Waals surface area contributed by atoms with E-state index in [0.717, 1.165) is 33.2 Å². The molecular formula is C15H14N2O3. The van der Waals surface area contributed by atoms with E-state index in [4.69, 9.17) is 9.84 Å². The van der Waals surface area contributed by atoms with E-state index in [0.29, 0.717) is 6.42 Å². The Morgan fingerprint density at radius 2 is 2.20 bits per heavy atom. The number of rotatable bonds is 4. The van der Waals surface area contributed by atoms with Gasteiger partial charge in [-0.05, 0) is 18.2 Å². The number of hydrogen-bond donors (Lipinski definition) is 2. The summed E-state index contributed by atoms with van der Waals surface area (Å²) in [5, 5.41) is 10.9. The van der Waals surface area contributed by atoms with Gasteiger partial charge in [0.25, 0.3) is 0 Å². The summed E-state index contributed by atoms with van der Waals surface area (Å²) in [6.45, 7) is 0. The van der Waals surface area contributed by atoms with E-state index in [1.807, 2.05) is 24.3 Å². The third-order valence-electron chi connectivity index (χ3n) is 3.38. The van der Waals surface area contributed by atoms with Crippen LogP contribution in [0, 0.1) is 0 Å². The largest absolute Gasteiger partial charge is 0.497 e. The first-order chi connectivity index (χ1) is 9.69. The monoisotopic (exact) mass is 270 g/mol. The number of nitrogens with zero attached hydrogens (tertiary/aromatic N) is 1. The fraction of sp³-hybridized carbons (Fsp3) is 0.200. The van der Waals surface area contributed by atoms with Gasteiger partial charge in [0.05, 0.1) is 30.3 Å². The molecule has 5 heteroatoms. The Labute approximate surface area is 115 Å². The summed E-state index contributed by atoms with van der Waals surface area (Å²) < 4.78 is 5.21. The molecule has 0 aliphatic heterocycles. The van der Waals surface area contributed by atoms with Crippen LogP contribution < -0.4 is 4.74 Å². The number of nitrogens with one attached hydrogen (secondary N) is 1. The van der Waals surface area contributed by atoms with Crippen molar-refractivity contribution in [1.29, 1.82) is 0 Å². The average Bonchev–Trinajstić information content (AvgIpc) is 2.83. The molecule has 0 saturated heterocycles. The molecule has 2 aromatic heterocycles. The molecule has 2 N–H and O–H groups in total. The minimum absolute atomic E-state index is 0.0742. The highest BCUT2D eigenvalue weighted by Crippen LogP contribution is 2.29. The fourth-order valence-electron chi connectivity index (χ4n) is 2.41. The Bertz CT molecular complexity index is 792. The number of carboxylic acid groups (broad SMARTS) is 1. The zero-order valence-corrected chi connectivity index (χ0v) is 11.0. The topological polar surface area (TPSA) is 75.2 Å². The zero-order valence-electron chi connectivity index (χ0n) is 11.0. The van der Waals surface area contributed by atoms with E-state index in [1.165, 1.54) is 0 Å². The van der Waals surface area contributed by atoms with Gasteiger partial charge in [0.1, 0.15) is 5.75 Å². The van der Waals surface area contributed by atoms with Crippen molar-refractivity contribution in [2.45, 2.75) is 12.8 Å². The summed E-state index contributed by atoms with van der Waals surface area (Å²) >= 11 is 0. The number of pyridine rings is 1. The summed E-state index contributed by atoms with van der Waals surface area (Å²) in [7, 11) is 1.63. The molecule has 0 aliphatic carbocycles. The van der Waals surface area contributed by atoms with Crippen molar-refractivity contribution >= 4 is 27.8 Å². The highest BCUT2D eigenvalue weighted by atomic mass is 16.5. The predicted octanol–water partition coefficient (Wildman–Crippen LogP) is 2.74. The summed E-state index contributed by atoms with van der Waals surface area (Å²) in [5.41, 5.74) is 2.64. The minimum Gasteiger partial charge on any atom is -0.497 e. The van der Waals surface area contributed by atoms with Crippen molar-refractivity contribution < 1.29 is 14.6 Å². The van der Waals surface area contributed by atoms with Crippen LogP contribution in [-0.2, 0) is 11.2 Å². The summed E-state index contributed by atoms with van der Waals surface area (Å²) in [5.74, 6) is -0.0364. The van der Waals surface area contributed by atoms with Crippen molar-refractivity contribution in [2.24, 2.45) is 0 Å². The number of aliphatic carboxylic acids is 1. The molecule has 0 amide bonds. The molecule has 0 saturated carbocycles. The number of benzene rings is 1. The van der Waals surface area contributed by atoms with Crippen molar-refractivity contribution in [3.8, 4) is 5.75 Å². The number of ether oxygens (including phenoxy) is 1. The van der Waals surface area contributed by atoms with Gasteiger partial charge in [-0.2, -0.15) is 0 Å². The van der Waals surface area contributed by atoms with Gasteiger partial charge < -0.3 is 14.8 Å². The molecule has 1 aromatic carbocycles. The lowest BCUT2D eigenvalue weighted by atomic mass is 10.1. The number of hydrogen-bond acceptors (Lipinski definition) is 3. The molecule has 0 unspecified atom stereocenters. The summed E-state index contributed by atoms with van der Waals surface area (Å²) in [4.78, 5) is 18.3. The quantitative estimate of drug-likeness (QED) is 0.764. The van der Waals surface area contributed by atoms with Crippen LogP contribution in [-0.4, -0.2) is 28.2 Å². The molecule has 2 heterocycles. The SMILES string of the molecule is COc1ccc2c(c1)[nH]c1c(CCC(=O)O)nccc12. The number of aromatic amines is 1. The second kappa shape index (κ2) is 4.85. The van der Waals surface area contributed by atoms with E-state index >= 15 is 0 Å². The molecule has 0 bridgehead atoms. The van der Waals surface area contributed by atoms with Gasteiger partial charge in [-0.1, -0.05) is 0 Å². The van der Waals surface area contributed by atoms with Crippen molar-refractivity contribution in [1.82, 2.24) is 9.97 Å². The predicted molar refractivity (Wildman–Crippen MR) is 76.1 cm³/mol. The number of methoxy groups -OCH3 is 1.